The van der Waals surface area contributed by atoms with Crippen LogP contribution in [0.2, 0.25) is 0 Å². The minimum absolute atomic E-state index is 0.0378. The van der Waals surface area contributed by atoms with E-state index in [1.54, 1.807) is 0 Å². The number of aliphatic hydroxyl groups excluding tert-OH is 1. The van der Waals surface area contributed by atoms with Crippen molar-refractivity contribution >= 4 is 11.8 Å². The van der Waals surface area contributed by atoms with Gasteiger partial charge in [-0.05, 0) is 24.5 Å². The van der Waals surface area contributed by atoms with Gasteiger partial charge in [-0.2, -0.15) is 0 Å². The lowest BCUT2D eigenvalue weighted by Crippen LogP contribution is -2.60. The topological polar surface area (TPSA) is 32.3 Å². The number of aliphatic hydroxyl groups is 1. The third-order valence-electron chi connectivity index (χ3n) is 4.52. The molecule has 98 valence electrons. The molecule has 0 amide bonds. The van der Waals surface area contributed by atoms with E-state index in [0.717, 1.165) is 13.0 Å². The monoisotopic (exact) mass is 263 g/mol. The van der Waals surface area contributed by atoms with Crippen molar-refractivity contribution in [1.82, 2.24) is 5.32 Å². The van der Waals surface area contributed by atoms with E-state index in [1.807, 2.05) is 11.8 Å². The molecule has 3 heteroatoms. The predicted octanol–water partition coefficient (Wildman–Crippen LogP) is 2.45. The first-order valence-electron chi connectivity index (χ1n) is 6.73. The maximum atomic E-state index is 9.73. The van der Waals surface area contributed by atoms with Crippen molar-refractivity contribution in [2.45, 2.75) is 49.0 Å². The molecule has 1 aliphatic heterocycles. The molecule has 3 atom stereocenters. The summed E-state index contributed by atoms with van der Waals surface area (Å²) in [5.41, 5.74) is 1.53. The predicted molar refractivity (Wildman–Crippen MR) is 76.0 cm³/mol. The van der Waals surface area contributed by atoms with Crippen molar-refractivity contribution in [2.24, 2.45) is 5.41 Å². The van der Waals surface area contributed by atoms with Crippen molar-refractivity contribution < 1.29 is 5.11 Å². The first kappa shape index (κ1) is 12.5. The summed E-state index contributed by atoms with van der Waals surface area (Å²) in [7, 11) is 0. The normalized spacial score (nSPS) is 32.9. The number of rotatable bonds is 3. The third kappa shape index (κ3) is 2.09. The van der Waals surface area contributed by atoms with Gasteiger partial charge in [-0.15, -0.1) is 11.8 Å². The number of hydrogen-bond acceptors (Lipinski definition) is 3. The van der Waals surface area contributed by atoms with Crippen molar-refractivity contribution in [3.8, 4) is 0 Å². The molecule has 0 radical (unpaired) electrons. The molecular weight excluding hydrogens is 242 g/mol. The Hall–Kier alpha value is -0.510. The molecular formula is C15H21NOS. The van der Waals surface area contributed by atoms with Crippen molar-refractivity contribution in [2.75, 3.05) is 6.54 Å². The lowest BCUT2D eigenvalue weighted by molar-refractivity contribution is -0.0721. The molecule has 1 aromatic carbocycles. The third-order valence-corrected chi connectivity index (χ3v) is 5.84. The van der Waals surface area contributed by atoms with Gasteiger partial charge >= 0.3 is 0 Å². The van der Waals surface area contributed by atoms with Crippen LogP contribution in [0.15, 0.2) is 29.2 Å². The van der Waals surface area contributed by atoms with Crippen LogP contribution in [0.25, 0.3) is 0 Å². The lowest BCUT2D eigenvalue weighted by Gasteiger charge is -2.50. The Morgan fingerprint density at radius 1 is 1.39 bits per heavy atom. The standard InChI is InChI=1S/C15H21NOS/c1-15(2)13(8-14(15)17)16-9-11-7-10-5-3-4-6-12(10)18-11/h3-6,11,13-14,16-17H,7-9H2,1-2H3. The molecule has 1 fully saturated rings. The van der Waals surface area contributed by atoms with Gasteiger partial charge in [0.15, 0.2) is 0 Å². The van der Waals surface area contributed by atoms with Crippen LogP contribution < -0.4 is 5.32 Å². The first-order valence-corrected chi connectivity index (χ1v) is 7.61. The van der Waals surface area contributed by atoms with E-state index in [4.69, 9.17) is 0 Å². The van der Waals surface area contributed by atoms with E-state index in [2.05, 4.69) is 43.4 Å². The zero-order valence-electron chi connectivity index (χ0n) is 11.0. The van der Waals surface area contributed by atoms with Crippen molar-refractivity contribution in [1.29, 1.82) is 0 Å². The SMILES string of the molecule is CC1(C)C(O)CC1NCC1Cc2ccccc2S1. The van der Waals surface area contributed by atoms with Crippen LogP contribution in [0.1, 0.15) is 25.8 Å². The Labute approximate surface area is 113 Å². The fourth-order valence-corrected chi connectivity index (χ4v) is 4.15. The molecule has 2 aliphatic rings. The van der Waals surface area contributed by atoms with E-state index in [9.17, 15) is 5.11 Å². The molecule has 0 saturated heterocycles. The Kier molecular flexibility index (Phi) is 3.16. The molecule has 0 bridgehead atoms. The smallest absolute Gasteiger partial charge is 0.0621 e. The summed E-state index contributed by atoms with van der Waals surface area (Å²) in [6.45, 7) is 5.34. The van der Waals surface area contributed by atoms with Gasteiger partial charge in [0.25, 0.3) is 0 Å². The lowest BCUT2D eigenvalue weighted by atomic mass is 9.64. The number of nitrogens with one attached hydrogen (secondary N) is 1. The van der Waals surface area contributed by atoms with Crippen LogP contribution in [0.5, 0.6) is 0 Å². The quantitative estimate of drug-likeness (QED) is 0.878. The first-order chi connectivity index (χ1) is 8.57. The summed E-state index contributed by atoms with van der Waals surface area (Å²) in [6.07, 6.45) is 1.93. The molecule has 0 spiro atoms. The Bertz CT molecular complexity index is 421. The number of thioether (sulfide) groups is 1. The van der Waals surface area contributed by atoms with E-state index < -0.39 is 0 Å². The largest absolute Gasteiger partial charge is 0.392 e. The van der Waals surface area contributed by atoms with Gasteiger partial charge in [-0.25, -0.2) is 0 Å². The van der Waals surface area contributed by atoms with Crippen molar-refractivity contribution in [3.05, 3.63) is 29.8 Å². The van der Waals surface area contributed by atoms with Gasteiger partial charge in [0.1, 0.15) is 0 Å². The summed E-state index contributed by atoms with van der Waals surface area (Å²) < 4.78 is 0. The van der Waals surface area contributed by atoms with Crippen LogP contribution in [-0.4, -0.2) is 29.0 Å². The average molecular weight is 263 g/mol. The van der Waals surface area contributed by atoms with Crippen molar-refractivity contribution in [3.63, 3.8) is 0 Å². The summed E-state index contributed by atoms with van der Waals surface area (Å²) in [6, 6.07) is 9.17. The van der Waals surface area contributed by atoms with Crippen LogP contribution in [0.4, 0.5) is 0 Å². The molecule has 18 heavy (non-hydrogen) atoms. The second-order valence-corrected chi connectivity index (χ2v) is 7.43. The summed E-state index contributed by atoms with van der Waals surface area (Å²) in [5.74, 6) is 0. The van der Waals surface area contributed by atoms with E-state index >= 15 is 0 Å². The van der Waals surface area contributed by atoms with Gasteiger partial charge in [0.05, 0.1) is 6.10 Å². The Morgan fingerprint density at radius 2 is 2.17 bits per heavy atom. The summed E-state index contributed by atoms with van der Waals surface area (Å²) in [5, 5.41) is 14.0. The van der Waals surface area contributed by atoms with Crippen LogP contribution >= 0.6 is 11.8 Å². The maximum absolute atomic E-state index is 9.73. The molecule has 1 aliphatic carbocycles. The van der Waals surface area contributed by atoms with Crippen LogP contribution in [-0.2, 0) is 6.42 Å². The van der Waals surface area contributed by atoms with Gasteiger partial charge < -0.3 is 10.4 Å². The second-order valence-electron chi connectivity index (χ2n) is 6.09. The molecule has 1 aromatic rings. The van der Waals surface area contributed by atoms with E-state index in [1.165, 1.54) is 16.9 Å². The van der Waals surface area contributed by atoms with Crippen LogP contribution in [0.3, 0.4) is 0 Å². The Balaban J connectivity index is 1.52. The van der Waals surface area contributed by atoms with E-state index in [-0.39, 0.29) is 11.5 Å². The summed E-state index contributed by atoms with van der Waals surface area (Å²) in [4.78, 5) is 1.44. The number of benzene rings is 1. The molecule has 0 aromatic heterocycles. The average Bonchev–Trinajstić information content (AvgIpc) is 2.76. The zero-order chi connectivity index (χ0) is 12.8. The highest BCUT2D eigenvalue weighted by Gasteiger charge is 2.47. The van der Waals surface area contributed by atoms with Gasteiger partial charge in [-0.3, -0.25) is 0 Å². The highest BCUT2D eigenvalue weighted by Crippen LogP contribution is 2.41. The highest BCUT2D eigenvalue weighted by atomic mass is 32.2. The molecule has 3 unspecified atom stereocenters. The maximum Gasteiger partial charge on any atom is 0.0621 e. The molecule has 2 N–H and O–H groups in total. The minimum atomic E-state index is -0.136. The van der Waals surface area contributed by atoms with Gasteiger partial charge in [0.2, 0.25) is 0 Å². The van der Waals surface area contributed by atoms with Gasteiger partial charge in [-0.1, -0.05) is 32.0 Å². The highest BCUT2D eigenvalue weighted by molar-refractivity contribution is 8.00. The molecule has 1 heterocycles. The summed E-state index contributed by atoms with van der Waals surface area (Å²) >= 11 is 1.99. The van der Waals surface area contributed by atoms with Gasteiger partial charge in [0, 0.05) is 28.1 Å². The van der Waals surface area contributed by atoms with E-state index in [0.29, 0.717) is 11.3 Å². The fraction of sp³-hybridized carbons (Fsp3) is 0.600. The molecule has 1 saturated carbocycles. The Morgan fingerprint density at radius 3 is 2.83 bits per heavy atom. The fourth-order valence-electron chi connectivity index (χ4n) is 2.89. The molecule has 3 rings (SSSR count). The number of fused-ring (bicyclic) bond motifs is 1. The number of hydrogen-bond donors (Lipinski definition) is 2. The zero-order valence-corrected chi connectivity index (χ0v) is 11.8. The molecule has 2 nitrogen and oxygen atoms in total. The minimum Gasteiger partial charge on any atom is -0.392 e. The van der Waals surface area contributed by atoms with Crippen LogP contribution in [0, 0.1) is 5.41 Å². The second kappa shape index (κ2) is 4.55.